The van der Waals surface area contributed by atoms with Crippen molar-refractivity contribution in [2.75, 3.05) is 23.4 Å². The van der Waals surface area contributed by atoms with Gasteiger partial charge in [-0.3, -0.25) is 24.1 Å². The summed E-state index contributed by atoms with van der Waals surface area (Å²) >= 11 is 3.27. The molecule has 3 aliphatic carbocycles. The Balaban J connectivity index is 1.22. The number of ether oxygens (including phenoxy) is 1. The molecule has 0 aromatic heterocycles. The third-order valence-electron chi connectivity index (χ3n) is 9.09. The minimum atomic E-state index is -0.657. The fraction of sp³-hybridized carbons (Fsp3) is 0.222. The highest BCUT2D eigenvalue weighted by Crippen LogP contribution is 2.55. The number of carbonyl (C=O) groups is 4. The highest BCUT2D eigenvalue weighted by atomic mass is 79.9. The summed E-state index contributed by atoms with van der Waals surface area (Å²) in [6.07, 6.45) is 3.89. The highest BCUT2D eigenvalue weighted by Gasteiger charge is 2.56. The zero-order valence-electron chi connectivity index (χ0n) is 24.1. The molecule has 2 amide bonds. The number of hydrogen-bond acceptors (Lipinski definition) is 7. The zero-order valence-corrected chi connectivity index (χ0v) is 25.7. The molecule has 1 fully saturated rings. The van der Waals surface area contributed by atoms with Gasteiger partial charge in [0, 0.05) is 34.5 Å². The largest absolute Gasteiger partial charge is 0.491 e. The Labute approximate surface area is 268 Å². The maximum atomic E-state index is 14.2. The fourth-order valence-corrected chi connectivity index (χ4v) is 7.59. The molecule has 0 unspecified atom stereocenters. The highest BCUT2D eigenvalue weighted by molar-refractivity contribution is 9.12. The number of ketones is 2. The molecule has 1 saturated heterocycles. The van der Waals surface area contributed by atoms with Gasteiger partial charge in [0.2, 0.25) is 11.8 Å². The summed E-state index contributed by atoms with van der Waals surface area (Å²) in [5.41, 5.74) is 4.73. The third-order valence-corrected chi connectivity index (χ3v) is 9.68. The van der Waals surface area contributed by atoms with E-state index in [4.69, 9.17) is 9.84 Å². The van der Waals surface area contributed by atoms with Crippen LogP contribution < -0.4 is 15.0 Å². The van der Waals surface area contributed by atoms with Crippen LogP contribution in [0, 0.1) is 17.8 Å². The second-order valence-electron chi connectivity index (χ2n) is 11.6. The molecular formula is C36H29BrN2O6. The smallest absolute Gasteiger partial charge is 0.238 e. The Bertz CT molecular complexity index is 1810. The van der Waals surface area contributed by atoms with Gasteiger partial charge in [0.1, 0.15) is 12.4 Å². The summed E-state index contributed by atoms with van der Waals surface area (Å²) in [4.78, 5) is 56.2. The summed E-state index contributed by atoms with van der Waals surface area (Å²) in [5.74, 6) is -2.67. The number of fused-ring (bicyclic) bond motifs is 3. The minimum absolute atomic E-state index is 0.117. The number of para-hydroxylation sites is 1. The predicted molar refractivity (Wildman–Crippen MR) is 172 cm³/mol. The number of benzene rings is 3. The molecule has 2 N–H and O–H groups in total. The molecule has 7 rings (SSSR count). The second kappa shape index (κ2) is 11.7. The maximum absolute atomic E-state index is 14.2. The van der Waals surface area contributed by atoms with E-state index in [9.17, 15) is 19.2 Å². The van der Waals surface area contributed by atoms with Crippen LogP contribution in [0.3, 0.4) is 0 Å². The number of nitrogens with one attached hydrogen (secondary N) is 1. The lowest BCUT2D eigenvalue weighted by Gasteiger charge is -2.42. The van der Waals surface area contributed by atoms with Crippen LogP contribution in [0.25, 0.3) is 0 Å². The van der Waals surface area contributed by atoms with Gasteiger partial charge in [-0.2, -0.15) is 0 Å². The van der Waals surface area contributed by atoms with Crippen molar-refractivity contribution in [2.24, 2.45) is 17.8 Å². The van der Waals surface area contributed by atoms with Crippen LogP contribution in [0.15, 0.2) is 112 Å². The molecule has 0 saturated carbocycles. The van der Waals surface area contributed by atoms with E-state index in [0.717, 1.165) is 22.5 Å². The Morgan fingerprint density at radius 3 is 2.29 bits per heavy atom. The number of allylic oxidation sites excluding steroid dienone is 6. The Kier molecular flexibility index (Phi) is 7.59. The first-order valence-corrected chi connectivity index (χ1v) is 15.7. The summed E-state index contributed by atoms with van der Waals surface area (Å²) in [6, 6.07) is 24.2. The molecular weight excluding hydrogens is 636 g/mol. The first-order chi connectivity index (χ1) is 21.9. The zero-order chi connectivity index (χ0) is 31.2. The molecule has 0 spiro atoms. The van der Waals surface area contributed by atoms with E-state index in [2.05, 4.69) is 21.2 Å². The van der Waals surface area contributed by atoms with Gasteiger partial charge in [-0.1, -0.05) is 42.0 Å². The van der Waals surface area contributed by atoms with Gasteiger partial charge in [-0.05, 0) is 88.8 Å². The summed E-state index contributed by atoms with van der Waals surface area (Å²) < 4.78 is 5.72. The molecule has 226 valence electrons. The molecule has 4 aliphatic rings. The van der Waals surface area contributed by atoms with E-state index in [1.165, 1.54) is 11.0 Å². The van der Waals surface area contributed by atoms with Crippen molar-refractivity contribution in [3.63, 3.8) is 0 Å². The molecule has 9 heteroatoms. The van der Waals surface area contributed by atoms with Crippen molar-refractivity contribution in [1.82, 2.24) is 0 Å². The SMILES string of the molecule is O=C1C=C(Br)C(=O)C2=C1[C@@H](c1ccc(OCCO)cc1)C1=CC[C@@H]3C(=O)N(c4ccc(Nc5ccccc5)cc4)C(=O)[C@@H]3[C@@H]1C2. The van der Waals surface area contributed by atoms with Crippen molar-refractivity contribution in [3.8, 4) is 5.75 Å². The predicted octanol–water partition coefficient (Wildman–Crippen LogP) is 5.77. The summed E-state index contributed by atoms with van der Waals surface area (Å²) in [5, 5.41) is 12.4. The monoisotopic (exact) mass is 664 g/mol. The van der Waals surface area contributed by atoms with Gasteiger partial charge in [0.15, 0.2) is 11.6 Å². The van der Waals surface area contributed by atoms with Crippen molar-refractivity contribution in [1.29, 1.82) is 0 Å². The number of anilines is 3. The molecule has 0 bridgehead atoms. The van der Waals surface area contributed by atoms with Gasteiger partial charge >= 0.3 is 0 Å². The van der Waals surface area contributed by atoms with Gasteiger partial charge in [0.25, 0.3) is 0 Å². The standard InChI is InChI=1S/C36H29BrN2O6/c37-29-19-30(41)33-28(34(29)42)18-27-25(31(33)20-6-12-24(13-7-20)45-17-16-40)14-15-26-32(27)36(44)39(35(26)43)23-10-8-22(9-11-23)38-21-4-2-1-3-5-21/h1-14,19,26-27,31-32,38,40H,15-18H2/t26-,27+,31-,32-/m0/s1. The number of aliphatic hydroxyl groups excluding tert-OH is 1. The number of carbonyl (C=O) groups excluding carboxylic acids is 4. The number of amides is 2. The number of Topliss-reactive ketones (excluding diaryl/α,β-unsaturated/α-hetero) is 1. The second-order valence-corrected chi connectivity index (χ2v) is 12.4. The van der Waals surface area contributed by atoms with E-state index in [-0.39, 0.29) is 47.5 Å². The molecule has 3 aromatic rings. The molecule has 1 aliphatic heterocycles. The lowest BCUT2D eigenvalue weighted by Crippen LogP contribution is -2.39. The Morgan fingerprint density at radius 2 is 1.58 bits per heavy atom. The van der Waals surface area contributed by atoms with Crippen LogP contribution in [0.4, 0.5) is 17.1 Å². The maximum Gasteiger partial charge on any atom is 0.238 e. The number of aliphatic hydroxyl groups is 1. The van der Waals surface area contributed by atoms with E-state index < -0.39 is 23.7 Å². The van der Waals surface area contributed by atoms with Gasteiger partial charge < -0.3 is 15.2 Å². The number of hydrogen-bond donors (Lipinski definition) is 2. The van der Waals surface area contributed by atoms with Gasteiger partial charge in [-0.25, -0.2) is 0 Å². The summed E-state index contributed by atoms with van der Waals surface area (Å²) in [7, 11) is 0. The van der Waals surface area contributed by atoms with E-state index in [1.807, 2.05) is 60.7 Å². The van der Waals surface area contributed by atoms with Crippen molar-refractivity contribution in [3.05, 3.63) is 118 Å². The molecule has 45 heavy (non-hydrogen) atoms. The fourth-order valence-electron chi connectivity index (χ4n) is 7.14. The normalized spacial score (nSPS) is 24.1. The topological polar surface area (TPSA) is 113 Å². The van der Waals surface area contributed by atoms with Crippen LogP contribution in [0.5, 0.6) is 5.75 Å². The average Bonchev–Trinajstić information content (AvgIpc) is 3.32. The van der Waals surface area contributed by atoms with Crippen LogP contribution in [0.1, 0.15) is 24.3 Å². The summed E-state index contributed by atoms with van der Waals surface area (Å²) in [6.45, 7) is 0.0349. The van der Waals surface area contributed by atoms with E-state index >= 15 is 0 Å². The quantitative estimate of drug-likeness (QED) is 0.187. The van der Waals surface area contributed by atoms with Crippen LogP contribution in [-0.2, 0) is 19.2 Å². The van der Waals surface area contributed by atoms with Gasteiger partial charge in [-0.15, -0.1) is 0 Å². The molecule has 8 nitrogen and oxygen atoms in total. The molecule has 0 radical (unpaired) electrons. The number of rotatable bonds is 7. The Morgan fingerprint density at radius 1 is 0.867 bits per heavy atom. The molecule has 1 heterocycles. The van der Waals surface area contributed by atoms with Crippen molar-refractivity contribution < 1.29 is 29.0 Å². The first-order valence-electron chi connectivity index (χ1n) is 14.9. The first kappa shape index (κ1) is 29.1. The van der Waals surface area contributed by atoms with Crippen molar-refractivity contribution >= 4 is 56.4 Å². The van der Waals surface area contributed by atoms with Crippen LogP contribution in [0.2, 0.25) is 0 Å². The van der Waals surface area contributed by atoms with Crippen LogP contribution in [-0.4, -0.2) is 41.7 Å². The lowest BCUT2D eigenvalue weighted by molar-refractivity contribution is -0.123. The Hall–Kier alpha value is -4.60. The average molecular weight is 666 g/mol. The molecule has 3 aromatic carbocycles. The van der Waals surface area contributed by atoms with Crippen molar-refractivity contribution in [2.45, 2.75) is 18.8 Å². The number of halogens is 1. The van der Waals surface area contributed by atoms with E-state index in [0.29, 0.717) is 29.0 Å². The number of nitrogens with zero attached hydrogens (tertiary/aromatic N) is 1. The third kappa shape index (κ3) is 5.06. The van der Waals surface area contributed by atoms with Gasteiger partial charge in [0.05, 0.1) is 28.6 Å². The lowest BCUT2D eigenvalue weighted by atomic mass is 9.59. The number of imide groups is 1. The van der Waals surface area contributed by atoms with E-state index in [1.54, 1.807) is 24.3 Å². The minimum Gasteiger partial charge on any atom is -0.491 e. The van der Waals surface area contributed by atoms with Crippen LogP contribution >= 0.6 is 15.9 Å². The molecule has 4 atom stereocenters.